The molecule has 2 N–H and O–H groups in total. The minimum Gasteiger partial charge on any atom is -0.456 e. The van der Waals surface area contributed by atoms with Crippen LogP contribution in [0.25, 0.3) is 22.3 Å². The number of furan rings is 1. The molecule has 2 heteroatoms. The molecule has 84 valence electrons. The highest BCUT2D eigenvalue weighted by atomic mass is 16.3. The van der Waals surface area contributed by atoms with E-state index in [9.17, 15) is 0 Å². The van der Waals surface area contributed by atoms with Crippen LogP contribution in [0.4, 0.5) is 5.69 Å². The van der Waals surface area contributed by atoms with Gasteiger partial charge < -0.3 is 10.2 Å². The SMILES string of the molecule is Cc1ccc2oc(-c3ccc(N)cc3)cc2c1. The Labute approximate surface area is 99.7 Å². The molecule has 0 aliphatic heterocycles. The minimum atomic E-state index is 0.765. The van der Waals surface area contributed by atoms with E-state index in [2.05, 4.69) is 25.1 Å². The molecule has 2 aromatic carbocycles. The summed E-state index contributed by atoms with van der Waals surface area (Å²) in [6.07, 6.45) is 0. The molecule has 0 spiro atoms. The summed E-state index contributed by atoms with van der Waals surface area (Å²) in [4.78, 5) is 0. The number of anilines is 1. The molecule has 0 unspecified atom stereocenters. The van der Waals surface area contributed by atoms with Crippen LogP contribution in [0.1, 0.15) is 5.56 Å². The highest BCUT2D eigenvalue weighted by Crippen LogP contribution is 2.28. The van der Waals surface area contributed by atoms with Crippen LogP contribution in [-0.4, -0.2) is 0 Å². The number of nitrogens with two attached hydrogens (primary N) is 1. The third-order valence-corrected chi connectivity index (χ3v) is 2.87. The van der Waals surface area contributed by atoms with Gasteiger partial charge in [-0.1, -0.05) is 11.6 Å². The van der Waals surface area contributed by atoms with Crippen LogP contribution in [0, 0.1) is 6.92 Å². The molecular formula is C15H13NO. The molecule has 2 nitrogen and oxygen atoms in total. The predicted octanol–water partition coefficient (Wildman–Crippen LogP) is 3.99. The van der Waals surface area contributed by atoms with Crippen LogP contribution in [0.3, 0.4) is 0 Å². The van der Waals surface area contributed by atoms with E-state index in [0.29, 0.717) is 0 Å². The zero-order valence-corrected chi connectivity index (χ0v) is 9.60. The third-order valence-electron chi connectivity index (χ3n) is 2.87. The van der Waals surface area contributed by atoms with Crippen molar-refractivity contribution < 1.29 is 4.42 Å². The number of hydrogen-bond donors (Lipinski definition) is 1. The lowest BCUT2D eigenvalue weighted by Gasteiger charge is -1.96. The van der Waals surface area contributed by atoms with E-state index in [4.69, 9.17) is 10.2 Å². The number of nitrogen functional groups attached to an aromatic ring is 1. The summed E-state index contributed by atoms with van der Waals surface area (Å²) in [5, 5.41) is 1.14. The second-order valence-corrected chi connectivity index (χ2v) is 4.27. The van der Waals surface area contributed by atoms with Crippen molar-refractivity contribution in [3.05, 3.63) is 54.1 Å². The van der Waals surface area contributed by atoms with E-state index in [0.717, 1.165) is 28.0 Å². The molecule has 0 bridgehead atoms. The third kappa shape index (κ3) is 1.78. The van der Waals surface area contributed by atoms with Crippen molar-refractivity contribution in [1.29, 1.82) is 0 Å². The zero-order valence-electron chi connectivity index (χ0n) is 9.60. The summed E-state index contributed by atoms with van der Waals surface area (Å²) >= 11 is 0. The number of hydrogen-bond acceptors (Lipinski definition) is 2. The lowest BCUT2D eigenvalue weighted by molar-refractivity contribution is 0.631. The molecule has 0 aliphatic carbocycles. The summed E-state index contributed by atoms with van der Waals surface area (Å²) in [6.45, 7) is 2.08. The molecule has 0 aliphatic rings. The van der Waals surface area contributed by atoms with E-state index in [-0.39, 0.29) is 0 Å². The Morgan fingerprint density at radius 2 is 1.71 bits per heavy atom. The highest BCUT2D eigenvalue weighted by Gasteiger charge is 2.05. The van der Waals surface area contributed by atoms with E-state index in [1.165, 1.54) is 5.56 Å². The summed E-state index contributed by atoms with van der Waals surface area (Å²) in [6, 6.07) is 16.0. The first-order valence-corrected chi connectivity index (χ1v) is 5.58. The fourth-order valence-corrected chi connectivity index (χ4v) is 1.95. The first-order valence-electron chi connectivity index (χ1n) is 5.58. The molecular weight excluding hydrogens is 210 g/mol. The minimum absolute atomic E-state index is 0.765. The van der Waals surface area contributed by atoms with E-state index < -0.39 is 0 Å². The van der Waals surface area contributed by atoms with Gasteiger partial charge in [-0.05, 0) is 49.4 Å². The van der Waals surface area contributed by atoms with Crippen molar-refractivity contribution in [3.63, 3.8) is 0 Å². The summed E-state index contributed by atoms with van der Waals surface area (Å²) in [7, 11) is 0. The molecule has 17 heavy (non-hydrogen) atoms. The van der Waals surface area contributed by atoms with E-state index >= 15 is 0 Å². The van der Waals surface area contributed by atoms with Crippen molar-refractivity contribution in [2.45, 2.75) is 6.92 Å². The monoisotopic (exact) mass is 223 g/mol. The van der Waals surface area contributed by atoms with Gasteiger partial charge in [0.05, 0.1) is 0 Å². The maximum absolute atomic E-state index is 5.81. The summed E-state index contributed by atoms with van der Waals surface area (Å²) < 4.78 is 5.81. The van der Waals surface area contributed by atoms with Crippen molar-refractivity contribution >= 4 is 16.7 Å². The van der Waals surface area contributed by atoms with E-state index in [1.807, 2.05) is 30.3 Å². The smallest absolute Gasteiger partial charge is 0.135 e. The van der Waals surface area contributed by atoms with Crippen LogP contribution in [0.2, 0.25) is 0 Å². The van der Waals surface area contributed by atoms with Gasteiger partial charge in [-0.2, -0.15) is 0 Å². The lowest BCUT2D eigenvalue weighted by atomic mass is 10.1. The Morgan fingerprint density at radius 1 is 0.941 bits per heavy atom. The maximum Gasteiger partial charge on any atom is 0.135 e. The van der Waals surface area contributed by atoms with Crippen LogP contribution < -0.4 is 5.73 Å². The Balaban J connectivity index is 2.14. The highest BCUT2D eigenvalue weighted by molar-refractivity contribution is 5.83. The standard InChI is InChI=1S/C15H13NO/c1-10-2-7-14-12(8-10)9-15(17-14)11-3-5-13(16)6-4-11/h2-9H,16H2,1H3. The number of fused-ring (bicyclic) bond motifs is 1. The first kappa shape index (κ1) is 9.97. The molecule has 1 aromatic heterocycles. The maximum atomic E-state index is 5.81. The van der Waals surface area contributed by atoms with Crippen LogP contribution in [0.15, 0.2) is 52.9 Å². The molecule has 0 saturated heterocycles. The van der Waals surface area contributed by atoms with Gasteiger partial charge in [-0.15, -0.1) is 0 Å². The van der Waals surface area contributed by atoms with Crippen molar-refractivity contribution in [1.82, 2.24) is 0 Å². The summed E-state index contributed by atoms with van der Waals surface area (Å²) in [5.41, 5.74) is 9.64. The van der Waals surface area contributed by atoms with Crippen LogP contribution in [0.5, 0.6) is 0 Å². The summed E-state index contributed by atoms with van der Waals surface area (Å²) in [5.74, 6) is 0.880. The fourth-order valence-electron chi connectivity index (χ4n) is 1.95. The average molecular weight is 223 g/mol. The average Bonchev–Trinajstić information content (AvgIpc) is 2.72. The molecule has 0 atom stereocenters. The van der Waals surface area contributed by atoms with Gasteiger partial charge in [-0.25, -0.2) is 0 Å². The molecule has 0 saturated carbocycles. The molecule has 3 rings (SSSR count). The molecule has 1 heterocycles. The Kier molecular flexibility index (Phi) is 2.15. The van der Waals surface area contributed by atoms with E-state index in [1.54, 1.807) is 0 Å². The van der Waals surface area contributed by atoms with Gasteiger partial charge in [0.1, 0.15) is 11.3 Å². The second-order valence-electron chi connectivity index (χ2n) is 4.27. The quantitative estimate of drug-likeness (QED) is 0.633. The lowest BCUT2D eigenvalue weighted by Crippen LogP contribution is -1.82. The largest absolute Gasteiger partial charge is 0.456 e. The number of benzene rings is 2. The Bertz CT molecular complexity index is 665. The second kappa shape index (κ2) is 3.67. The number of aryl methyl sites for hydroxylation is 1. The molecule has 3 aromatic rings. The predicted molar refractivity (Wildman–Crippen MR) is 70.8 cm³/mol. The van der Waals surface area contributed by atoms with Crippen molar-refractivity contribution in [3.8, 4) is 11.3 Å². The number of rotatable bonds is 1. The van der Waals surface area contributed by atoms with Gasteiger partial charge in [0.2, 0.25) is 0 Å². The van der Waals surface area contributed by atoms with Gasteiger partial charge in [0.15, 0.2) is 0 Å². The van der Waals surface area contributed by atoms with Crippen molar-refractivity contribution in [2.75, 3.05) is 5.73 Å². The van der Waals surface area contributed by atoms with Gasteiger partial charge in [-0.3, -0.25) is 0 Å². The van der Waals surface area contributed by atoms with Gasteiger partial charge in [0.25, 0.3) is 0 Å². The first-order chi connectivity index (χ1) is 8.22. The van der Waals surface area contributed by atoms with Crippen LogP contribution in [-0.2, 0) is 0 Å². The zero-order chi connectivity index (χ0) is 11.8. The molecule has 0 fully saturated rings. The fraction of sp³-hybridized carbons (Fsp3) is 0.0667. The van der Waals surface area contributed by atoms with Gasteiger partial charge in [0, 0.05) is 16.6 Å². The van der Waals surface area contributed by atoms with Gasteiger partial charge >= 0.3 is 0 Å². The van der Waals surface area contributed by atoms with Crippen LogP contribution >= 0.6 is 0 Å². The topological polar surface area (TPSA) is 39.2 Å². The Hall–Kier alpha value is -2.22. The normalized spacial score (nSPS) is 10.9. The molecule has 0 radical (unpaired) electrons. The Morgan fingerprint density at radius 3 is 2.47 bits per heavy atom. The molecule has 0 amide bonds. The van der Waals surface area contributed by atoms with Crippen molar-refractivity contribution in [2.24, 2.45) is 0 Å².